The Labute approximate surface area is 119 Å². The van der Waals surface area contributed by atoms with Gasteiger partial charge in [-0.3, -0.25) is 0 Å². The predicted molar refractivity (Wildman–Crippen MR) is 80.4 cm³/mol. The van der Waals surface area contributed by atoms with Gasteiger partial charge in [-0.25, -0.2) is 4.79 Å². The van der Waals surface area contributed by atoms with Gasteiger partial charge in [0, 0.05) is 13.8 Å². The van der Waals surface area contributed by atoms with Crippen molar-refractivity contribution in [2.24, 2.45) is 0 Å². The van der Waals surface area contributed by atoms with E-state index in [-0.39, 0.29) is 0 Å². The molecule has 0 bridgehead atoms. The maximum atomic E-state index is 10.9. The Morgan fingerprint density at radius 3 is 1.74 bits per heavy atom. The van der Waals surface area contributed by atoms with E-state index in [4.69, 9.17) is 5.11 Å². The Bertz CT molecular complexity index is 227. The maximum absolute atomic E-state index is 10.9. The first-order valence-electron chi connectivity index (χ1n) is 8.08. The van der Waals surface area contributed by atoms with E-state index in [2.05, 4.69) is 6.92 Å². The molecule has 0 fully saturated rings. The van der Waals surface area contributed by atoms with Gasteiger partial charge in [-0.15, -0.1) is 0 Å². The number of unbranched alkanes of at least 4 members (excludes halogenated alkanes) is 9. The number of aliphatic carboxylic acids is 1. The maximum Gasteiger partial charge on any atom is 0.364 e. The molecule has 0 unspecified atom stereocenters. The number of carboxylic acid groups (broad SMARTS) is 1. The van der Waals surface area contributed by atoms with Crippen LogP contribution in [0.3, 0.4) is 0 Å². The van der Waals surface area contributed by atoms with Crippen molar-refractivity contribution in [2.45, 2.75) is 90.5 Å². The minimum absolute atomic E-state index is 0.667. The lowest BCUT2D eigenvalue weighted by Crippen LogP contribution is -2.97. The standard InChI is InChI=1S/C16H33NO2/c1-4-5-6-7-8-9-10-11-12-13-14-17-16(2,3)15(18)19/h17H,4-14H2,1-3H3,(H,18,19)/p+1. The molecule has 0 aromatic heterocycles. The Morgan fingerprint density at radius 2 is 1.32 bits per heavy atom. The molecule has 0 aliphatic heterocycles. The molecule has 0 rings (SSSR count). The highest BCUT2D eigenvalue weighted by molar-refractivity contribution is 5.75. The first kappa shape index (κ1) is 18.4. The number of nitrogens with two attached hydrogens (primary N) is 1. The molecule has 0 heterocycles. The van der Waals surface area contributed by atoms with Crippen molar-refractivity contribution >= 4 is 5.97 Å². The highest BCUT2D eigenvalue weighted by Crippen LogP contribution is 2.10. The first-order valence-corrected chi connectivity index (χ1v) is 8.08. The molecule has 0 aliphatic carbocycles. The van der Waals surface area contributed by atoms with Gasteiger partial charge in [0.2, 0.25) is 0 Å². The summed E-state index contributed by atoms with van der Waals surface area (Å²) in [5.41, 5.74) is -0.667. The molecule has 3 heteroatoms. The van der Waals surface area contributed by atoms with Crippen LogP contribution in [0.5, 0.6) is 0 Å². The molecular formula is C16H34NO2+. The van der Waals surface area contributed by atoms with Gasteiger partial charge in [0.25, 0.3) is 0 Å². The van der Waals surface area contributed by atoms with E-state index in [1.165, 1.54) is 57.8 Å². The van der Waals surface area contributed by atoms with Crippen LogP contribution in [0.25, 0.3) is 0 Å². The van der Waals surface area contributed by atoms with Crippen LogP contribution >= 0.6 is 0 Å². The number of rotatable bonds is 13. The highest BCUT2D eigenvalue weighted by atomic mass is 16.4. The van der Waals surface area contributed by atoms with E-state index < -0.39 is 11.5 Å². The fourth-order valence-electron chi connectivity index (χ4n) is 2.18. The second-order valence-electron chi connectivity index (χ2n) is 6.20. The van der Waals surface area contributed by atoms with Gasteiger partial charge >= 0.3 is 5.97 Å². The van der Waals surface area contributed by atoms with Crippen LogP contribution in [0.2, 0.25) is 0 Å². The summed E-state index contributed by atoms with van der Waals surface area (Å²) >= 11 is 0. The van der Waals surface area contributed by atoms with Crippen molar-refractivity contribution in [2.75, 3.05) is 6.54 Å². The SMILES string of the molecule is CCCCCCCCCCCC[NH2+]C(C)(C)C(=O)O. The fraction of sp³-hybridized carbons (Fsp3) is 0.938. The monoisotopic (exact) mass is 272 g/mol. The highest BCUT2D eigenvalue weighted by Gasteiger charge is 2.29. The summed E-state index contributed by atoms with van der Waals surface area (Å²) in [4.78, 5) is 10.9. The number of quaternary nitrogens is 1. The lowest BCUT2D eigenvalue weighted by Gasteiger charge is -2.17. The van der Waals surface area contributed by atoms with Gasteiger partial charge in [0.15, 0.2) is 5.54 Å². The predicted octanol–water partition coefficient (Wildman–Crippen LogP) is 3.33. The molecule has 114 valence electrons. The summed E-state index contributed by atoms with van der Waals surface area (Å²) in [6.45, 7) is 6.72. The zero-order chi connectivity index (χ0) is 14.6. The molecule has 0 aliphatic rings. The van der Waals surface area contributed by atoms with Gasteiger partial charge < -0.3 is 10.4 Å². The molecule has 19 heavy (non-hydrogen) atoms. The molecule has 0 amide bonds. The van der Waals surface area contributed by atoms with Crippen molar-refractivity contribution in [3.05, 3.63) is 0 Å². The third-order valence-electron chi connectivity index (χ3n) is 3.76. The summed E-state index contributed by atoms with van der Waals surface area (Å²) in [6, 6.07) is 0. The summed E-state index contributed by atoms with van der Waals surface area (Å²) < 4.78 is 0. The molecule has 0 radical (unpaired) electrons. The lowest BCUT2D eigenvalue weighted by molar-refractivity contribution is -0.707. The zero-order valence-corrected chi connectivity index (χ0v) is 13.2. The Morgan fingerprint density at radius 1 is 0.895 bits per heavy atom. The minimum atomic E-state index is -0.723. The van der Waals surface area contributed by atoms with Crippen molar-refractivity contribution < 1.29 is 15.2 Å². The second kappa shape index (κ2) is 11.3. The minimum Gasteiger partial charge on any atom is -0.477 e. The average molecular weight is 272 g/mol. The van der Waals surface area contributed by atoms with Crippen molar-refractivity contribution in [3.8, 4) is 0 Å². The average Bonchev–Trinajstić information content (AvgIpc) is 2.35. The normalized spacial score (nSPS) is 11.7. The third-order valence-corrected chi connectivity index (χ3v) is 3.76. The van der Waals surface area contributed by atoms with E-state index in [0.29, 0.717) is 0 Å². The Hall–Kier alpha value is -0.570. The molecule has 0 saturated carbocycles. The van der Waals surface area contributed by atoms with E-state index in [1.807, 2.05) is 5.32 Å². The molecule has 3 nitrogen and oxygen atoms in total. The van der Waals surface area contributed by atoms with E-state index in [9.17, 15) is 4.79 Å². The first-order chi connectivity index (χ1) is 9.00. The summed E-state index contributed by atoms with van der Waals surface area (Å²) in [7, 11) is 0. The number of carboxylic acids is 1. The Balaban J connectivity index is 3.21. The van der Waals surface area contributed by atoms with E-state index >= 15 is 0 Å². The number of hydrogen-bond acceptors (Lipinski definition) is 1. The van der Waals surface area contributed by atoms with Crippen LogP contribution in [-0.4, -0.2) is 23.2 Å². The van der Waals surface area contributed by atoms with Crippen LogP contribution < -0.4 is 5.32 Å². The molecule has 0 aromatic rings. The van der Waals surface area contributed by atoms with E-state index in [0.717, 1.165) is 13.0 Å². The summed E-state index contributed by atoms with van der Waals surface area (Å²) in [5.74, 6) is -0.723. The van der Waals surface area contributed by atoms with Gasteiger partial charge in [-0.1, -0.05) is 58.3 Å². The van der Waals surface area contributed by atoms with Gasteiger partial charge in [-0.05, 0) is 12.8 Å². The topological polar surface area (TPSA) is 53.9 Å². The van der Waals surface area contributed by atoms with Crippen LogP contribution in [-0.2, 0) is 4.79 Å². The van der Waals surface area contributed by atoms with Gasteiger partial charge in [-0.2, -0.15) is 0 Å². The van der Waals surface area contributed by atoms with Crippen LogP contribution in [0.1, 0.15) is 85.0 Å². The number of hydrogen-bond donors (Lipinski definition) is 2. The quantitative estimate of drug-likeness (QED) is 0.505. The van der Waals surface area contributed by atoms with Crippen LogP contribution in [0.4, 0.5) is 0 Å². The second-order valence-corrected chi connectivity index (χ2v) is 6.20. The third kappa shape index (κ3) is 11.0. The molecule has 0 atom stereocenters. The van der Waals surface area contributed by atoms with Crippen molar-refractivity contribution in [1.82, 2.24) is 0 Å². The van der Waals surface area contributed by atoms with Crippen LogP contribution in [0, 0.1) is 0 Å². The molecule has 3 N–H and O–H groups in total. The number of carbonyl (C=O) groups is 1. The lowest BCUT2D eigenvalue weighted by atomic mass is 10.0. The van der Waals surface area contributed by atoms with E-state index in [1.54, 1.807) is 13.8 Å². The zero-order valence-electron chi connectivity index (χ0n) is 13.2. The summed E-state index contributed by atoms with van der Waals surface area (Å²) in [5, 5.41) is 10.9. The van der Waals surface area contributed by atoms with Crippen molar-refractivity contribution in [1.29, 1.82) is 0 Å². The smallest absolute Gasteiger partial charge is 0.364 e. The van der Waals surface area contributed by atoms with Crippen LogP contribution in [0.15, 0.2) is 0 Å². The fourth-order valence-corrected chi connectivity index (χ4v) is 2.18. The summed E-state index contributed by atoms with van der Waals surface area (Å²) in [6.07, 6.45) is 13.3. The molecule has 0 spiro atoms. The van der Waals surface area contributed by atoms with Gasteiger partial charge in [0.05, 0.1) is 6.54 Å². The van der Waals surface area contributed by atoms with Crippen molar-refractivity contribution in [3.63, 3.8) is 0 Å². The van der Waals surface area contributed by atoms with Gasteiger partial charge in [0.1, 0.15) is 0 Å². The Kier molecular flexibility index (Phi) is 10.9. The largest absolute Gasteiger partial charge is 0.477 e. The molecule has 0 aromatic carbocycles. The molecular weight excluding hydrogens is 238 g/mol. The molecule has 0 saturated heterocycles.